The minimum atomic E-state index is -1.39. The van der Waals surface area contributed by atoms with Crippen molar-refractivity contribution in [1.29, 1.82) is 0 Å². The van der Waals surface area contributed by atoms with Crippen LogP contribution in [0.5, 0.6) is 0 Å². The van der Waals surface area contributed by atoms with Gasteiger partial charge in [-0.05, 0) is 6.92 Å². The summed E-state index contributed by atoms with van der Waals surface area (Å²) in [6, 6.07) is 0. The van der Waals surface area contributed by atoms with E-state index in [-0.39, 0.29) is 6.42 Å². The molecule has 0 amide bonds. The molecule has 1 aliphatic rings. The number of carbonyl (C=O) groups excluding carboxylic acids is 1. The van der Waals surface area contributed by atoms with Gasteiger partial charge in [-0.25, -0.2) is 4.79 Å². The monoisotopic (exact) mass is 158 g/mol. The summed E-state index contributed by atoms with van der Waals surface area (Å²) >= 11 is 0. The van der Waals surface area contributed by atoms with E-state index in [2.05, 4.69) is 4.74 Å². The van der Waals surface area contributed by atoms with Crippen molar-refractivity contribution in [2.75, 3.05) is 0 Å². The molecule has 2 atom stereocenters. The molecule has 1 unspecified atom stereocenters. The number of aliphatic hydroxyl groups excluding tert-OH is 2. The van der Waals surface area contributed by atoms with Crippen LogP contribution < -0.4 is 0 Å². The number of carbonyl (C=O) groups is 1. The first-order valence-corrected chi connectivity index (χ1v) is 3.33. The van der Waals surface area contributed by atoms with Gasteiger partial charge < -0.3 is 14.9 Å². The molecule has 4 nitrogen and oxygen atoms in total. The Hall–Kier alpha value is -0.870. The summed E-state index contributed by atoms with van der Waals surface area (Å²) in [5.41, 5.74) is 0.707. The third-order valence-corrected chi connectivity index (χ3v) is 1.46. The van der Waals surface area contributed by atoms with Crippen LogP contribution in [0.25, 0.3) is 0 Å². The van der Waals surface area contributed by atoms with E-state index in [1.807, 2.05) is 0 Å². The Kier molecular flexibility index (Phi) is 2.26. The molecule has 0 aromatic rings. The van der Waals surface area contributed by atoms with E-state index in [1.165, 1.54) is 6.08 Å². The number of cyclic esters (lactones) is 1. The zero-order valence-electron chi connectivity index (χ0n) is 6.15. The van der Waals surface area contributed by atoms with E-state index >= 15 is 0 Å². The molecule has 0 spiro atoms. The van der Waals surface area contributed by atoms with Crippen LogP contribution in [0.2, 0.25) is 0 Å². The summed E-state index contributed by atoms with van der Waals surface area (Å²) in [6.07, 6.45) is -0.860. The lowest BCUT2D eigenvalue weighted by Gasteiger charge is -2.13. The molecule has 0 radical (unpaired) electrons. The molecule has 0 saturated carbocycles. The van der Waals surface area contributed by atoms with Gasteiger partial charge in [-0.1, -0.05) is 5.57 Å². The lowest BCUT2D eigenvalue weighted by atomic mass is 10.1. The topological polar surface area (TPSA) is 66.8 Å². The van der Waals surface area contributed by atoms with Crippen LogP contribution in [0.15, 0.2) is 11.6 Å². The summed E-state index contributed by atoms with van der Waals surface area (Å²) < 4.78 is 4.38. The van der Waals surface area contributed by atoms with Gasteiger partial charge in [0.05, 0.1) is 0 Å². The van der Waals surface area contributed by atoms with Crippen molar-refractivity contribution in [3.8, 4) is 0 Å². The Labute approximate surface area is 64.1 Å². The van der Waals surface area contributed by atoms with Crippen LogP contribution in [-0.4, -0.2) is 28.6 Å². The lowest BCUT2D eigenvalue weighted by Crippen LogP contribution is -2.28. The summed E-state index contributed by atoms with van der Waals surface area (Å²) in [6.45, 7) is 1.70. The highest BCUT2D eigenvalue weighted by molar-refractivity contribution is 5.83. The predicted molar refractivity (Wildman–Crippen MR) is 36.5 cm³/mol. The number of hydrogen-bond acceptors (Lipinski definition) is 4. The second-order valence-electron chi connectivity index (χ2n) is 2.59. The van der Waals surface area contributed by atoms with Crippen LogP contribution in [0, 0.1) is 0 Å². The van der Waals surface area contributed by atoms with Crippen LogP contribution in [0.1, 0.15) is 13.3 Å². The number of esters is 1. The molecule has 1 aliphatic heterocycles. The second kappa shape index (κ2) is 3.02. The highest BCUT2D eigenvalue weighted by Gasteiger charge is 2.23. The highest BCUT2D eigenvalue weighted by atomic mass is 16.6. The summed E-state index contributed by atoms with van der Waals surface area (Å²) in [7, 11) is 0. The van der Waals surface area contributed by atoms with Crippen molar-refractivity contribution in [1.82, 2.24) is 0 Å². The standard InChI is InChI=1S/C7H10O4/c1-4-2-5(8)7(10)11-6(9)3-4/h3,5,7-8,10H,2H2,1H3/t5-,7?/m1/s1. The minimum absolute atomic E-state index is 0.271. The average molecular weight is 158 g/mol. The fourth-order valence-corrected chi connectivity index (χ4v) is 0.922. The number of aliphatic hydroxyl groups is 2. The number of rotatable bonds is 0. The van der Waals surface area contributed by atoms with E-state index in [1.54, 1.807) is 6.92 Å². The molecule has 1 heterocycles. The van der Waals surface area contributed by atoms with Crippen LogP contribution in [0.3, 0.4) is 0 Å². The summed E-state index contributed by atoms with van der Waals surface area (Å²) in [5, 5.41) is 18.0. The SMILES string of the molecule is CC1=CC(=O)OC(O)[C@H](O)C1. The van der Waals surface area contributed by atoms with Gasteiger partial charge in [-0.3, -0.25) is 0 Å². The molecule has 0 aromatic heterocycles. The first-order valence-electron chi connectivity index (χ1n) is 3.33. The van der Waals surface area contributed by atoms with Crippen molar-refractivity contribution < 1.29 is 19.7 Å². The van der Waals surface area contributed by atoms with E-state index in [4.69, 9.17) is 10.2 Å². The van der Waals surface area contributed by atoms with Crippen molar-refractivity contribution in [2.24, 2.45) is 0 Å². The van der Waals surface area contributed by atoms with Crippen molar-refractivity contribution in [2.45, 2.75) is 25.7 Å². The third kappa shape index (κ3) is 2.03. The summed E-state index contributed by atoms with van der Waals surface area (Å²) in [5.74, 6) is -0.605. The van der Waals surface area contributed by atoms with Crippen molar-refractivity contribution in [3.05, 3.63) is 11.6 Å². The van der Waals surface area contributed by atoms with Gasteiger partial charge >= 0.3 is 5.97 Å². The number of ether oxygens (including phenoxy) is 1. The molecule has 2 N–H and O–H groups in total. The first kappa shape index (κ1) is 8.23. The van der Waals surface area contributed by atoms with Crippen LogP contribution in [-0.2, 0) is 9.53 Å². The zero-order valence-corrected chi connectivity index (χ0v) is 6.15. The quantitative estimate of drug-likeness (QED) is 0.469. The molecule has 0 saturated heterocycles. The number of hydrogen-bond donors (Lipinski definition) is 2. The molecule has 62 valence electrons. The maximum atomic E-state index is 10.7. The molecular weight excluding hydrogens is 148 g/mol. The predicted octanol–water partition coefficient (Wildman–Crippen LogP) is -0.441. The molecule has 4 heteroatoms. The maximum Gasteiger partial charge on any atom is 0.333 e. The van der Waals surface area contributed by atoms with Crippen LogP contribution in [0.4, 0.5) is 0 Å². The van der Waals surface area contributed by atoms with Crippen molar-refractivity contribution in [3.63, 3.8) is 0 Å². The molecule has 0 bridgehead atoms. The van der Waals surface area contributed by atoms with E-state index in [0.717, 1.165) is 0 Å². The summed E-state index contributed by atoms with van der Waals surface area (Å²) in [4.78, 5) is 10.7. The van der Waals surface area contributed by atoms with E-state index in [9.17, 15) is 4.79 Å². The van der Waals surface area contributed by atoms with Gasteiger partial charge in [-0.2, -0.15) is 0 Å². The van der Waals surface area contributed by atoms with Gasteiger partial charge in [0.2, 0.25) is 6.29 Å². The third-order valence-electron chi connectivity index (χ3n) is 1.46. The highest BCUT2D eigenvalue weighted by Crippen LogP contribution is 2.13. The maximum absolute atomic E-state index is 10.7. The average Bonchev–Trinajstić information content (AvgIpc) is 1.93. The van der Waals surface area contributed by atoms with Crippen molar-refractivity contribution >= 4 is 5.97 Å². The van der Waals surface area contributed by atoms with Crippen LogP contribution >= 0.6 is 0 Å². The van der Waals surface area contributed by atoms with Gasteiger partial charge in [0.25, 0.3) is 0 Å². The molecule has 0 fully saturated rings. The molecule has 0 aliphatic carbocycles. The van der Waals surface area contributed by atoms with Gasteiger partial charge in [-0.15, -0.1) is 0 Å². The second-order valence-corrected chi connectivity index (χ2v) is 2.59. The minimum Gasteiger partial charge on any atom is -0.430 e. The van der Waals surface area contributed by atoms with Gasteiger partial charge in [0.1, 0.15) is 6.10 Å². The Bertz CT molecular complexity index is 197. The van der Waals surface area contributed by atoms with Gasteiger partial charge in [0.15, 0.2) is 0 Å². The Morgan fingerprint density at radius 3 is 2.91 bits per heavy atom. The smallest absolute Gasteiger partial charge is 0.333 e. The fourth-order valence-electron chi connectivity index (χ4n) is 0.922. The Balaban J connectivity index is 2.72. The molecule has 1 rings (SSSR count). The lowest BCUT2D eigenvalue weighted by molar-refractivity contribution is -0.178. The first-order chi connectivity index (χ1) is 5.09. The van der Waals surface area contributed by atoms with E-state index in [0.29, 0.717) is 5.57 Å². The Morgan fingerprint density at radius 1 is 1.64 bits per heavy atom. The Morgan fingerprint density at radius 2 is 2.27 bits per heavy atom. The van der Waals surface area contributed by atoms with Gasteiger partial charge in [0, 0.05) is 12.5 Å². The largest absolute Gasteiger partial charge is 0.430 e. The molecule has 11 heavy (non-hydrogen) atoms. The zero-order chi connectivity index (χ0) is 8.43. The molecule has 0 aromatic carbocycles. The fraction of sp³-hybridized carbons (Fsp3) is 0.571. The van der Waals surface area contributed by atoms with E-state index < -0.39 is 18.4 Å². The normalized spacial score (nSPS) is 32.3. The molecular formula is C7H10O4.